The maximum Gasteiger partial charge on any atom is 0.319 e. The third-order valence-electron chi connectivity index (χ3n) is 8.51. The highest BCUT2D eigenvalue weighted by molar-refractivity contribution is 5.94. The first-order chi connectivity index (χ1) is 21.5. The number of nitrogens with one attached hydrogen (secondary N) is 3. The lowest BCUT2D eigenvalue weighted by molar-refractivity contribution is 0.174. The van der Waals surface area contributed by atoms with E-state index >= 15 is 0 Å². The molecule has 2 amide bonds. The Kier molecular flexibility index (Phi) is 14.0. The average molecular weight is 603 g/mol. The number of nitrogens with zero attached hydrogens (tertiary/aromatic N) is 1. The zero-order chi connectivity index (χ0) is 31.0. The van der Waals surface area contributed by atoms with Gasteiger partial charge in [-0.25, -0.2) is 4.79 Å². The third-order valence-corrected chi connectivity index (χ3v) is 8.51. The van der Waals surface area contributed by atoms with Gasteiger partial charge < -0.3 is 36.2 Å². The van der Waals surface area contributed by atoms with Crippen LogP contribution in [0.3, 0.4) is 0 Å². The molecule has 8 nitrogen and oxygen atoms in total. The van der Waals surface area contributed by atoms with Gasteiger partial charge in [-0.1, -0.05) is 86.7 Å². The summed E-state index contributed by atoms with van der Waals surface area (Å²) in [6.07, 6.45) is 9.82. The summed E-state index contributed by atoms with van der Waals surface area (Å²) in [5, 5.41) is 38.8. The normalized spacial score (nSPS) is 14.8. The molecule has 0 spiro atoms. The van der Waals surface area contributed by atoms with Crippen LogP contribution in [0.5, 0.6) is 5.75 Å². The third kappa shape index (κ3) is 10.9. The highest BCUT2D eigenvalue weighted by Crippen LogP contribution is 2.27. The van der Waals surface area contributed by atoms with Crippen LogP contribution in [0.2, 0.25) is 0 Å². The Balaban J connectivity index is 0.987. The van der Waals surface area contributed by atoms with Crippen molar-refractivity contribution in [3.05, 3.63) is 83.9 Å². The second kappa shape index (κ2) is 18.4. The first kappa shape index (κ1) is 33.5. The number of aliphatic hydroxyl groups is 2. The van der Waals surface area contributed by atoms with Crippen LogP contribution in [-0.4, -0.2) is 65.0 Å². The highest BCUT2D eigenvalue weighted by atomic mass is 16.3. The van der Waals surface area contributed by atoms with Gasteiger partial charge in [0.25, 0.3) is 0 Å². The summed E-state index contributed by atoms with van der Waals surface area (Å²) in [7, 11) is 0. The molecular weight excluding hydrogens is 552 g/mol. The molecule has 0 aliphatic carbocycles. The average Bonchev–Trinajstić information content (AvgIpc) is 3.05. The summed E-state index contributed by atoms with van der Waals surface area (Å²) in [4.78, 5) is 15.3. The second-order valence-electron chi connectivity index (χ2n) is 11.9. The molecule has 0 radical (unpaired) electrons. The van der Waals surface area contributed by atoms with Gasteiger partial charge in [-0.15, -0.1) is 0 Å². The summed E-state index contributed by atoms with van der Waals surface area (Å²) in [6, 6.07) is 23.0. The van der Waals surface area contributed by atoms with Gasteiger partial charge in [-0.2, -0.15) is 0 Å². The van der Waals surface area contributed by atoms with Crippen LogP contribution in [0, 0.1) is 0 Å². The van der Waals surface area contributed by atoms with E-state index in [2.05, 4.69) is 33.0 Å². The number of carbonyl (C=O) groups is 1. The Labute approximate surface area is 262 Å². The minimum atomic E-state index is -0.657. The number of aromatic hydroxyl groups is 1. The number of amides is 2. The Morgan fingerprint density at radius 1 is 0.864 bits per heavy atom. The molecule has 8 heteroatoms. The van der Waals surface area contributed by atoms with Gasteiger partial charge >= 0.3 is 6.03 Å². The van der Waals surface area contributed by atoms with Crippen molar-refractivity contribution in [1.29, 1.82) is 0 Å². The predicted molar refractivity (Wildman–Crippen MR) is 178 cm³/mol. The SMILES string of the molecule is O=C(Nc1ccccc1-c1ccccc1)NC1CCN(CCCCCCCCCNCC(O)c2ccc(O)c(CO)c2)CC1. The number of carbonyl (C=O) groups excluding carboxylic acids is 1. The van der Waals surface area contributed by atoms with E-state index in [9.17, 15) is 20.1 Å². The van der Waals surface area contributed by atoms with Gasteiger partial charge in [0, 0.05) is 36.8 Å². The molecule has 0 aromatic heterocycles. The summed E-state index contributed by atoms with van der Waals surface area (Å²) >= 11 is 0. The van der Waals surface area contributed by atoms with Crippen molar-refractivity contribution in [2.45, 2.75) is 76.5 Å². The topological polar surface area (TPSA) is 117 Å². The number of benzene rings is 3. The van der Waals surface area contributed by atoms with Gasteiger partial charge in [0.15, 0.2) is 0 Å². The van der Waals surface area contributed by atoms with Crippen molar-refractivity contribution in [1.82, 2.24) is 15.5 Å². The van der Waals surface area contributed by atoms with Gasteiger partial charge in [0.1, 0.15) is 5.75 Å². The van der Waals surface area contributed by atoms with Crippen LogP contribution >= 0.6 is 0 Å². The molecule has 238 valence electrons. The highest BCUT2D eigenvalue weighted by Gasteiger charge is 2.21. The van der Waals surface area contributed by atoms with Crippen LogP contribution in [0.4, 0.5) is 10.5 Å². The number of urea groups is 1. The number of para-hydroxylation sites is 1. The zero-order valence-electron chi connectivity index (χ0n) is 25.9. The minimum Gasteiger partial charge on any atom is -0.508 e. The lowest BCUT2D eigenvalue weighted by Crippen LogP contribution is -2.46. The summed E-state index contributed by atoms with van der Waals surface area (Å²) < 4.78 is 0. The molecule has 1 saturated heterocycles. The number of anilines is 1. The number of unbranched alkanes of at least 4 members (excludes halogenated alkanes) is 6. The maximum atomic E-state index is 12.8. The molecule has 1 fully saturated rings. The molecule has 1 aliphatic rings. The van der Waals surface area contributed by atoms with Gasteiger partial charge in [-0.05, 0) is 68.1 Å². The van der Waals surface area contributed by atoms with Crippen LogP contribution in [0.15, 0.2) is 72.8 Å². The van der Waals surface area contributed by atoms with Gasteiger partial charge in [-0.3, -0.25) is 0 Å². The number of phenols is 1. The standard InChI is InChI=1S/C36H50N4O4/c41-27-30-25-29(17-18-34(30)42)35(43)26-37-21-11-4-2-1-3-5-12-22-40-23-19-31(20-24-40)38-36(44)39-33-16-10-9-15-32(33)28-13-7-6-8-14-28/h6-10,13-18,25,31,35,37,41-43H,1-5,11-12,19-24,26-27H2,(H2,38,39,44). The van der Waals surface area contributed by atoms with E-state index in [1.54, 1.807) is 12.1 Å². The Bertz CT molecular complexity index is 1260. The van der Waals surface area contributed by atoms with Gasteiger partial charge in [0.2, 0.25) is 0 Å². The van der Waals surface area contributed by atoms with Crippen LogP contribution in [0.25, 0.3) is 11.1 Å². The molecule has 44 heavy (non-hydrogen) atoms. The molecule has 1 heterocycles. The van der Waals surface area contributed by atoms with E-state index in [1.165, 1.54) is 44.6 Å². The second-order valence-corrected chi connectivity index (χ2v) is 11.9. The Morgan fingerprint density at radius 2 is 1.55 bits per heavy atom. The fraction of sp³-hybridized carbons (Fsp3) is 0.472. The van der Waals surface area contributed by atoms with E-state index in [0.717, 1.165) is 62.3 Å². The van der Waals surface area contributed by atoms with Crippen molar-refractivity contribution >= 4 is 11.7 Å². The molecule has 1 atom stereocenters. The first-order valence-electron chi connectivity index (χ1n) is 16.3. The van der Waals surface area contributed by atoms with Crippen LogP contribution in [0.1, 0.15) is 75.0 Å². The molecule has 6 N–H and O–H groups in total. The molecule has 0 saturated carbocycles. The Morgan fingerprint density at radius 3 is 2.30 bits per heavy atom. The van der Waals surface area contributed by atoms with Crippen molar-refractivity contribution in [3.8, 4) is 16.9 Å². The number of aliphatic hydroxyl groups excluding tert-OH is 2. The van der Waals surface area contributed by atoms with Gasteiger partial charge in [0.05, 0.1) is 18.4 Å². The number of piperidine rings is 1. The van der Waals surface area contributed by atoms with Crippen molar-refractivity contribution < 1.29 is 20.1 Å². The molecule has 4 rings (SSSR count). The first-order valence-corrected chi connectivity index (χ1v) is 16.3. The molecule has 3 aromatic carbocycles. The fourth-order valence-corrected chi connectivity index (χ4v) is 5.87. The largest absolute Gasteiger partial charge is 0.508 e. The zero-order valence-corrected chi connectivity index (χ0v) is 25.9. The van der Waals surface area contributed by atoms with Crippen LogP contribution in [-0.2, 0) is 6.61 Å². The fourth-order valence-electron chi connectivity index (χ4n) is 5.87. The van der Waals surface area contributed by atoms with E-state index in [1.807, 2.05) is 42.5 Å². The number of hydrogen-bond donors (Lipinski definition) is 6. The van der Waals surface area contributed by atoms with Crippen LogP contribution < -0.4 is 16.0 Å². The minimum absolute atomic E-state index is 0.0502. The number of likely N-dealkylation sites (tertiary alicyclic amines) is 1. The quantitative estimate of drug-likeness (QED) is 0.103. The number of hydrogen-bond acceptors (Lipinski definition) is 6. The Hall–Kier alpha value is -3.43. The molecule has 1 aliphatic heterocycles. The van der Waals surface area contributed by atoms with E-state index in [0.29, 0.717) is 17.7 Å². The summed E-state index contributed by atoms with van der Waals surface area (Å²) in [6.45, 7) is 4.28. The van der Waals surface area contributed by atoms with Crippen molar-refractivity contribution in [2.75, 3.05) is 38.0 Å². The molecular formula is C36H50N4O4. The monoisotopic (exact) mass is 602 g/mol. The molecule has 0 bridgehead atoms. The summed E-state index contributed by atoms with van der Waals surface area (Å²) in [5.74, 6) is 0.0502. The molecule has 1 unspecified atom stereocenters. The van der Waals surface area contributed by atoms with E-state index in [4.69, 9.17) is 0 Å². The predicted octanol–water partition coefficient (Wildman–Crippen LogP) is 6.19. The smallest absolute Gasteiger partial charge is 0.319 e. The lowest BCUT2D eigenvalue weighted by atomic mass is 10.0. The number of rotatable bonds is 17. The van der Waals surface area contributed by atoms with Crippen molar-refractivity contribution in [3.63, 3.8) is 0 Å². The molecule has 3 aromatic rings. The maximum absolute atomic E-state index is 12.8. The lowest BCUT2D eigenvalue weighted by Gasteiger charge is -2.32. The van der Waals surface area contributed by atoms with E-state index in [-0.39, 0.29) is 24.4 Å². The summed E-state index contributed by atoms with van der Waals surface area (Å²) in [5.41, 5.74) is 4.06. The van der Waals surface area contributed by atoms with Crippen molar-refractivity contribution in [2.24, 2.45) is 0 Å². The van der Waals surface area contributed by atoms with E-state index < -0.39 is 6.10 Å².